The van der Waals surface area contributed by atoms with Crippen LogP contribution in [-0.4, -0.2) is 41.2 Å². The molecule has 0 radical (unpaired) electrons. The lowest BCUT2D eigenvalue weighted by Gasteiger charge is -2.21. The molecule has 1 amide bonds. The van der Waals surface area contributed by atoms with Crippen LogP contribution in [0.15, 0.2) is 12.1 Å². The van der Waals surface area contributed by atoms with E-state index in [0.29, 0.717) is 30.9 Å². The van der Waals surface area contributed by atoms with Crippen molar-refractivity contribution in [1.82, 2.24) is 5.32 Å². The minimum absolute atomic E-state index is 0.000573. The number of hydrogen-bond donors (Lipinski definition) is 1. The first-order valence-corrected chi connectivity index (χ1v) is 10.2. The zero-order valence-corrected chi connectivity index (χ0v) is 17.6. The number of nitrogens with one attached hydrogen (secondary N) is 1. The number of ether oxygens (including phenoxy) is 2. The van der Waals surface area contributed by atoms with Crippen molar-refractivity contribution < 1.29 is 23.9 Å². The second kappa shape index (κ2) is 10.6. The van der Waals surface area contributed by atoms with Crippen LogP contribution in [0.5, 0.6) is 0 Å². The molecule has 0 aromatic carbocycles. The molecule has 0 unspecified atom stereocenters. The van der Waals surface area contributed by atoms with Gasteiger partial charge in [0, 0.05) is 23.6 Å². The zero-order valence-electron chi connectivity index (χ0n) is 15.9. The molecule has 1 atom stereocenters. The van der Waals surface area contributed by atoms with E-state index in [0.717, 1.165) is 4.88 Å². The van der Waals surface area contributed by atoms with Crippen molar-refractivity contribution in [3.63, 3.8) is 0 Å². The Kier molecular flexibility index (Phi) is 9.15. The number of aryl methyl sites for hydroxylation is 1. The van der Waals surface area contributed by atoms with Crippen molar-refractivity contribution in [2.24, 2.45) is 0 Å². The van der Waals surface area contributed by atoms with Crippen LogP contribution >= 0.6 is 23.1 Å². The van der Waals surface area contributed by atoms with Crippen molar-refractivity contribution in [1.29, 1.82) is 0 Å². The molecule has 1 aromatic heterocycles. The van der Waals surface area contributed by atoms with Crippen LogP contribution in [0.2, 0.25) is 0 Å². The molecule has 1 rings (SSSR count). The number of amides is 1. The van der Waals surface area contributed by atoms with Crippen LogP contribution in [0, 0.1) is 0 Å². The normalized spacial score (nSPS) is 12.3. The maximum atomic E-state index is 11.8. The molecule has 0 bridgehead atoms. The molecule has 0 saturated carbocycles. The monoisotopic (exact) mass is 401 g/mol. The topological polar surface area (TPSA) is 81.7 Å². The quantitative estimate of drug-likeness (QED) is 0.662. The summed E-state index contributed by atoms with van der Waals surface area (Å²) in [4.78, 5) is 36.6. The van der Waals surface area contributed by atoms with Crippen LogP contribution in [0.25, 0.3) is 0 Å². The summed E-state index contributed by atoms with van der Waals surface area (Å²) < 4.78 is 10.2. The summed E-state index contributed by atoms with van der Waals surface area (Å²) in [6.07, 6.45) is 0.917. The van der Waals surface area contributed by atoms with Crippen molar-refractivity contribution >= 4 is 40.3 Å². The Morgan fingerprint density at radius 2 is 1.96 bits per heavy atom. The third kappa shape index (κ3) is 9.24. The van der Waals surface area contributed by atoms with E-state index >= 15 is 0 Å². The molecule has 1 aromatic rings. The van der Waals surface area contributed by atoms with Gasteiger partial charge < -0.3 is 14.8 Å². The highest BCUT2D eigenvalue weighted by Crippen LogP contribution is 2.23. The Bertz CT molecular complexity index is 621. The maximum absolute atomic E-state index is 11.8. The van der Waals surface area contributed by atoms with Gasteiger partial charge in [-0.1, -0.05) is 11.8 Å². The predicted molar refractivity (Wildman–Crippen MR) is 105 cm³/mol. The number of carbonyl (C=O) groups excluding carboxylic acids is 3. The number of rotatable bonds is 8. The molecule has 0 spiro atoms. The smallest absolute Gasteiger partial charge is 0.407 e. The Morgan fingerprint density at radius 3 is 2.54 bits per heavy atom. The van der Waals surface area contributed by atoms with Gasteiger partial charge in [-0.25, -0.2) is 9.59 Å². The molecular formula is C18H27NO5S2. The molecule has 6 nitrogen and oxygen atoms in total. The standard InChI is InChI=1S/C18H27NO5S2/c1-6-23-16(21)15-10-9-13(26-15)7-8-14(25-12(2)20)11-19-17(22)24-18(3,4)5/h9-10,14H,6-8,11H2,1-5H3,(H,19,22)/t14-/m1/s1. The molecular weight excluding hydrogens is 374 g/mol. The molecule has 1 heterocycles. The van der Waals surface area contributed by atoms with Crippen molar-refractivity contribution in [2.45, 2.75) is 58.3 Å². The van der Waals surface area contributed by atoms with Gasteiger partial charge in [0.25, 0.3) is 0 Å². The third-order valence-corrected chi connectivity index (χ3v) is 5.25. The predicted octanol–water partition coefficient (Wildman–Crippen LogP) is 4.03. The lowest BCUT2D eigenvalue weighted by molar-refractivity contribution is -0.109. The number of carbonyl (C=O) groups is 3. The second-order valence-electron chi connectivity index (χ2n) is 6.64. The number of hydrogen-bond acceptors (Lipinski definition) is 7. The molecule has 1 N–H and O–H groups in total. The van der Waals surface area contributed by atoms with Gasteiger partial charge in [0.15, 0.2) is 5.12 Å². The fourth-order valence-electron chi connectivity index (χ4n) is 2.08. The van der Waals surface area contributed by atoms with Gasteiger partial charge >= 0.3 is 12.1 Å². The van der Waals surface area contributed by atoms with Crippen LogP contribution < -0.4 is 5.32 Å². The minimum atomic E-state index is -0.562. The summed E-state index contributed by atoms with van der Waals surface area (Å²) in [6, 6.07) is 3.65. The molecule has 26 heavy (non-hydrogen) atoms. The van der Waals surface area contributed by atoms with Gasteiger partial charge in [-0.15, -0.1) is 11.3 Å². The Labute approximate surface area is 163 Å². The van der Waals surface area contributed by atoms with E-state index in [9.17, 15) is 14.4 Å². The summed E-state index contributed by atoms with van der Waals surface area (Å²) in [5, 5.41) is 2.65. The number of thioether (sulfide) groups is 1. The van der Waals surface area contributed by atoms with E-state index in [4.69, 9.17) is 9.47 Å². The van der Waals surface area contributed by atoms with Gasteiger partial charge in [-0.05, 0) is 52.7 Å². The van der Waals surface area contributed by atoms with E-state index < -0.39 is 11.7 Å². The Hall–Kier alpha value is -1.54. The fourth-order valence-corrected chi connectivity index (χ4v) is 3.86. The van der Waals surface area contributed by atoms with Crippen LogP contribution in [-0.2, 0) is 20.7 Å². The first-order chi connectivity index (χ1) is 12.1. The minimum Gasteiger partial charge on any atom is -0.462 e. The van der Waals surface area contributed by atoms with Crippen molar-refractivity contribution in [3.05, 3.63) is 21.9 Å². The summed E-state index contributed by atoms with van der Waals surface area (Å²) in [5.74, 6) is -0.315. The van der Waals surface area contributed by atoms with Gasteiger partial charge in [0.1, 0.15) is 10.5 Å². The molecule has 0 fully saturated rings. The van der Waals surface area contributed by atoms with Gasteiger partial charge in [0.05, 0.1) is 6.61 Å². The van der Waals surface area contributed by atoms with Gasteiger partial charge in [0.2, 0.25) is 0 Å². The van der Waals surface area contributed by atoms with Crippen LogP contribution in [0.1, 0.15) is 55.6 Å². The summed E-state index contributed by atoms with van der Waals surface area (Å²) >= 11 is 2.60. The van der Waals surface area contributed by atoms with Crippen LogP contribution in [0.3, 0.4) is 0 Å². The third-order valence-electron chi connectivity index (χ3n) is 3.06. The number of alkyl carbamates (subject to hydrolysis) is 1. The van der Waals surface area contributed by atoms with E-state index in [1.54, 1.807) is 33.8 Å². The lowest BCUT2D eigenvalue weighted by Crippen LogP contribution is -2.36. The summed E-state index contributed by atoms with van der Waals surface area (Å²) in [7, 11) is 0. The summed E-state index contributed by atoms with van der Waals surface area (Å²) in [5.41, 5.74) is -0.562. The molecule has 0 aliphatic rings. The molecule has 146 valence electrons. The average molecular weight is 402 g/mol. The largest absolute Gasteiger partial charge is 0.462 e. The van der Waals surface area contributed by atoms with Gasteiger partial charge in [-0.2, -0.15) is 0 Å². The van der Waals surface area contributed by atoms with Crippen molar-refractivity contribution in [2.75, 3.05) is 13.2 Å². The number of thiophene rings is 1. The lowest BCUT2D eigenvalue weighted by atomic mass is 10.2. The zero-order chi connectivity index (χ0) is 19.7. The average Bonchev–Trinajstić information content (AvgIpc) is 2.97. The van der Waals surface area contributed by atoms with E-state index in [1.807, 2.05) is 6.07 Å². The molecule has 0 saturated heterocycles. The Balaban J connectivity index is 2.55. The highest BCUT2D eigenvalue weighted by atomic mass is 32.2. The van der Waals surface area contributed by atoms with E-state index in [-0.39, 0.29) is 16.3 Å². The van der Waals surface area contributed by atoms with Crippen molar-refractivity contribution in [3.8, 4) is 0 Å². The molecule has 8 heteroatoms. The van der Waals surface area contributed by atoms with E-state index in [2.05, 4.69) is 5.32 Å². The maximum Gasteiger partial charge on any atom is 0.407 e. The number of esters is 1. The SMILES string of the molecule is CCOC(=O)c1ccc(CC[C@H](CNC(=O)OC(C)(C)C)SC(C)=O)s1. The molecule has 0 aliphatic carbocycles. The molecule has 0 aliphatic heterocycles. The second-order valence-corrected chi connectivity index (χ2v) is 9.28. The highest BCUT2D eigenvalue weighted by molar-refractivity contribution is 8.14. The first kappa shape index (κ1) is 22.5. The van der Waals surface area contributed by atoms with Crippen LogP contribution in [0.4, 0.5) is 4.79 Å². The first-order valence-electron chi connectivity index (χ1n) is 8.50. The van der Waals surface area contributed by atoms with Gasteiger partial charge in [-0.3, -0.25) is 4.79 Å². The Morgan fingerprint density at radius 1 is 1.27 bits per heavy atom. The fraction of sp³-hybridized carbons (Fsp3) is 0.611. The highest BCUT2D eigenvalue weighted by Gasteiger charge is 2.19. The van der Waals surface area contributed by atoms with E-state index in [1.165, 1.54) is 30.0 Å². The summed E-state index contributed by atoms with van der Waals surface area (Å²) in [6.45, 7) is 9.36.